The van der Waals surface area contributed by atoms with Gasteiger partial charge in [0.2, 0.25) is 5.91 Å². The molecule has 22 heavy (non-hydrogen) atoms. The van der Waals surface area contributed by atoms with Crippen molar-refractivity contribution in [3.05, 3.63) is 84.2 Å². The number of aromatic nitrogens is 1. The van der Waals surface area contributed by atoms with E-state index in [0.29, 0.717) is 11.4 Å². The lowest BCUT2D eigenvalue weighted by Gasteiger charge is -2.02. The van der Waals surface area contributed by atoms with E-state index in [0.717, 1.165) is 5.56 Å². The van der Waals surface area contributed by atoms with Gasteiger partial charge in [-0.3, -0.25) is 4.79 Å². The van der Waals surface area contributed by atoms with Gasteiger partial charge in [0.15, 0.2) is 0 Å². The van der Waals surface area contributed by atoms with E-state index in [2.05, 4.69) is 22.1 Å². The summed E-state index contributed by atoms with van der Waals surface area (Å²) in [7, 11) is 0. The predicted octanol–water partition coefficient (Wildman–Crippen LogP) is 3.55. The summed E-state index contributed by atoms with van der Waals surface area (Å²) in [5.41, 5.74) is 2.25. The first kappa shape index (κ1) is 15.3. The lowest BCUT2D eigenvalue weighted by atomic mass is 10.2. The van der Waals surface area contributed by atoms with Crippen LogP contribution in [-0.2, 0) is 4.79 Å². The van der Waals surface area contributed by atoms with Crippen molar-refractivity contribution >= 4 is 11.6 Å². The summed E-state index contributed by atoms with van der Waals surface area (Å²) in [6, 6.07) is 13.0. The molecule has 0 radical (unpaired) electrons. The number of amides is 1. The molecule has 3 heteroatoms. The fraction of sp³-hybridized carbons (Fsp3) is 0.0526. The molecular weight excluding hydrogens is 272 g/mol. The molecule has 2 aromatic rings. The maximum atomic E-state index is 11.7. The normalized spacial score (nSPS) is 10.4. The van der Waals surface area contributed by atoms with Crippen LogP contribution >= 0.6 is 0 Å². The Morgan fingerprint density at radius 1 is 1.14 bits per heavy atom. The molecular formula is C19H16N2O. The second-order valence-corrected chi connectivity index (χ2v) is 4.42. The van der Waals surface area contributed by atoms with Crippen LogP contribution in [0, 0.1) is 11.8 Å². The number of benzene rings is 1. The number of pyridine rings is 1. The molecule has 0 bridgehead atoms. The molecule has 1 aromatic heterocycles. The van der Waals surface area contributed by atoms with Crippen LogP contribution in [0.3, 0.4) is 0 Å². The Morgan fingerprint density at radius 3 is 2.82 bits per heavy atom. The van der Waals surface area contributed by atoms with Gasteiger partial charge in [0.1, 0.15) is 5.69 Å². The first-order valence-electron chi connectivity index (χ1n) is 6.91. The molecule has 0 atom stereocenters. The molecule has 1 heterocycles. The first-order chi connectivity index (χ1) is 10.8. The van der Waals surface area contributed by atoms with Gasteiger partial charge < -0.3 is 5.32 Å². The maximum Gasteiger partial charge on any atom is 0.248 e. The van der Waals surface area contributed by atoms with Crippen molar-refractivity contribution in [2.75, 3.05) is 5.32 Å². The SMILES string of the molecule is C/C=C/C=C/C(=O)Nc1cccc(C#Cc2ccccn2)c1. The van der Waals surface area contributed by atoms with Gasteiger partial charge in [0.05, 0.1) is 0 Å². The van der Waals surface area contributed by atoms with Gasteiger partial charge in [0, 0.05) is 23.5 Å². The first-order valence-corrected chi connectivity index (χ1v) is 6.91. The number of carbonyl (C=O) groups excluding carboxylic acids is 1. The Labute approximate surface area is 130 Å². The minimum atomic E-state index is -0.173. The van der Waals surface area contributed by atoms with Gasteiger partial charge in [-0.15, -0.1) is 0 Å². The Bertz CT molecular complexity index is 750. The molecule has 0 saturated carbocycles. The highest BCUT2D eigenvalue weighted by atomic mass is 16.1. The lowest BCUT2D eigenvalue weighted by molar-refractivity contribution is -0.111. The summed E-state index contributed by atoms with van der Waals surface area (Å²) in [5, 5.41) is 2.80. The summed E-state index contributed by atoms with van der Waals surface area (Å²) < 4.78 is 0. The van der Waals surface area contributed by atoms with Crippen LogP contribution < -0.4 is 5.32 Å². The Balaban J connectivity index is 2.07. The fourth-order valence-electron chi connectivity index (χ4n) is 1.69. The average Bonchev–Trinajstić information content (AvgIpc) is 2.54. The lowest BCUT2D eigenvalue weighted by Crippen LogP contribution is -2.07. The van der Waals surface area contributed by atoms with E-state index < -0.39 is 0 Å². The number of carbonyl (C=O) groups is 1. The molecule has 0 aliphatic heterocycles. The number of rotatable bonds is 3. The number of hydrogen-bond acceptors (Lipinski definition) is 2. The zero-order chi connectivity index (χ0) is 15.6. The largest absolute Gasteiger partial charge is 0.322 e. The number of nitrogens with zero attached hydrogens (tertiary/aromatic N) is 1. The van der Waals surface area contributed by atoms with E-state index in [1.54, 1.807) is 18.3 Å². The highest BCUT2D eigenvalue weighted by molar-refractivity contribution is 5.99. The van der Waals surface area contributed by atoms with Crippen molar-refractivity contribution in [3.63, 3.8) is 0 Å². The van der Waals surface area contributed by atoms with Gasteiger partial charge >= 0.3 is 0 Å². The van der Waals surface area contributed by atoms with E-state index in [9.17, 15) is 4.79 Å². The Hall–Kier alpha value is -3.12. The summed E-state index contributed by atoms with van der Waals surface area (Å²) >= 11 is 0. The molecule has 1 N–H and O–H groups in total. The van der Waals surface area contributed by atoms with E-state index in [4.69, 9.17) is 0 Å². The van der Waals surface area contributed by atoms with Crippen LogP contribution in [0.1, 0.15) is 18.2 Å². The zero-order valence-corrected chi connectivity index (χ0v) is 12.3. The summed E-state index contributed by atoms with van der Waals surface area (Å²) in [6.45, 7) is 1.89. The summed E-state index contributed by atoms with van der Waals surface area (Å²) in [4.78, 5) is 15.8. The van der Waals surface area contributed by atoms with Crippen LogP contribution in [0.4, 0.5) is 5.69 Å². The molecule has 0 saturated heterocycles. The zero-order valence-electron chi connectivity index (χ0n) is 12.3. The summed E-state index contributed by atoms with van der Waals surface area (Å²) in [6.07, 6.45) is 8.54. The average molecular weight is 288 g/mol. The highest BCUT2D eigenvalue weighted by Crippen LogP contribution is 2.10. The molecule has 0 aliphatic rings. The van der Waals surface area contributed by atoms with E-state index in [1.165, 1.54) is 6.08 Å². The quantitative estimate of drug-likeness (QED) is 0.533. The molecule has 1 aromatic carbocycles. The molecule has 0 unspecified atom stereocenters. The van der Waals surface area contributed by atoms with E-state index in [-0.39, 0.29) is 5.91 Å². The monoisotopic (exact) mass is 288 g/mol. The molecule has 0 spiro atoms. The number of anilines is 1. The van der Waals surface area contributed by atoms with Gasteiger partial charge in [-0.1, -0.05) is 36.3 Å². The molecule has 3 nitrogen and oxygen atoms in total. The third-order valence-corrected chi connectivity index (χ3v) is 2.68. The van der Waals surface area contributed by atoms with Gasteiger partial charge in [-0.25, -0.2) is 4.98 Å². The van der Waals surface area contributed by atoms with Crippen LogP contribution in [0.2, 0.25) is 0 Å². The van der Waals surface area contributed by atoms with Crippen molar-refractivity contribution in [3.8, 4) is 11.8 Å². The minimum absolute atomic E-state index is 0.173. The van der Waals surface area contributed by atoms with Gasteiger partial charge in [0.25, 0.3) is 0 Å². The van der Waals surface area contributed by atoms with E-state index in [1.807, 2.05) is 55.5 Å². The standard InChI is InChI=1S/C19H16N2O/c1-2-3-4-11-19(22)21-18-10-7-8-16(15-18)12-13-17-9-5-6-14-20-17/h2-11,14-15H,1H3,(H,21,22)/b3-2+,11-4+. The highest BCUT2D eigenvalue weighted by Gasteiger charge is 1.97. The van der Waals surface area contributed by atoms with Crippen molar-refractivity contribution in [1.29, 1.82) is 0 Å². The second-order valence-electron chi connectivity index (χ2n) is 4.42. The molecule has 1 amide bonds. The van der Waals surface area contributed by atoms with Gasteiger partial charge in [-0.2, -0.15) is 0 Å². The van der Waals surface area contributed by atoms with E-state index >= 15 is 0 Å². The third-order valence-electron chi connectivity index (χ3n) is 2.68. The molecule has 0 fully saturated rings. The molecule has 2 rings (SSSR count). The number of allylic oxidation sites excluding steroid dienone is 3. The smallest absolute Gasteiger partial charge is 0.248 e. The molecule has 108 valence electrons. The number of hydrogen-bond donors (Lipinski definition) is 1. The Morgan fingerprint density at radius 2 is 2.05 bits per heavy atom. The molecule has 0 aliphatic carbocycles. The summed E-state index contributed by atoms with van der Waals surface area (Å²) in [5.74, 6) is 5.85. The maximum absolute atomic E-state index is 11.7. The third kappa shape index (κ3) is 5.10. The van der Waals surface area contributed by atoms with Crippen LogP contribution in [0.25, 0.3) is 0 Å². The second kappa shape index (κ2) is 8.23. The Kier molecular flexibility index (Phi) is 5.71. The van der Waals surface area contributed by atoms with Gasteiger partial charge in [-0.05, 0) is 43.2 Å². The van der Waals surface area contributed by atoms with Crippen LogP contribution in [0.5, 0.6) is 0 Å². The fourth-order valence-corrected chi connectivity index (χ4v) is 1.69. The van der Waals surface area contributed by atoms with Crippen molar-refractivity contribution in [2.45, 2.75) is 6.92 Å². The minimum Gasteiger partial charge on any atom is -0.322 e. The topological polar surface area (TPSA) is 42.0 Å². The van der Waals surface area contributed by atoms with Crippen molar-refractivity contribution in [1.82, 2.24) is 4.98 Å². The van der Waals surface area contributed by atoms with Crippen LogP contribution in [-0.4, -0.2) is 10.9 Å². The predicted molar refractivity (Wildman–Crippen MR) is 89.2 cm³/mol. The van der Waals surface area contributed by atoms with Crippen molar-refractivity contribution in [2.24, 2.45) is 0 Å². The number of nitrogens with one attached hydrogen (secondary N) is 1. The van der Waals surface area contributed by atoms with Crippen LogP contribution in [0.15, 0.2) is 73.0 Å². The van der Waals surface area contributed by atoms with Crippen molar-refractivity contribution < 1.29 is 4.79 Å².